The number of nitriles is 1. The van der Waals surface area contributed by atoms with Crippen LogP contribution in [0.1, 0.15) is 19.4 Å². The highest BCUT2D eigenvalue weighted by Crippen LogP contribution is 2.13. The molecule has 1 aromatic carbocycles. The van der Waals surface area contributed by atoms with E-state index in [-0.39, 0.29) is 17.2 Å². The molecule has 20 heavy (non-hydrogen) atoms. The van der Waals surface area contributed by atoms with Gasteiger partial charge in [-0.05, 0) is 23.6 Å². The van der Waals surface area contributed by atoms with Crippen molar-refractivity contribution in [3.05, 3.63) is 29.8 Å². The van der Waals surface area contributed by atoms with E-state index in [1.165, 1.54) is 12.1 Å². The highest BCUT2D eigenvalue weighted by Gasteiger charge is 2.26. The molecule has 7 heteroatoms. The van der Waals surface area contributed by atoms with Crippen molar-refractivity contribution in [3.63, 3.8) is 0 Å². The van der Waals surface area contributed by atoms with Crippen LogP contribution in [0.25, 0.3) is 0 Å². The fraction of sp³-hybridized carbons (Fsp3) is 0.385. The smallest absolute Gasteiger partial charge is 0.241 e. The van der Waals surface area contributed by atoms with Crippen LogP contribution in [-0.4, -0.2) is 20.4 Å². The first-order chi connectivity index (χ1) is 9.27. The lowest BCUT2D eigenvalue weighted by Crippen LogP contribution is -2.47. The Bertz CT molecular complexity index is 615. The Morgan fingerprint density at radius 1 is 1.35 bits per heavy atom. The Hall–Kier alpha value is -1.91. The molecule has 3 N–H and O–H groups in total. The van der Waals surface area contributed by atoms with Gasteiger partial charge in [0.2, 0.25) is 15.9 Å². The molecular weight excluding hydrogens is 278 g/mol. The molecule has 0 bridgehead atoms. The molecule has 0 aliphatic carbocycles. The number of nitrogens with two attached hydrogens (primary N) is 1. The van der Waals surface area contributed by atoms with Crippen LogP contribution in [0.4, 0.5) is 0 Å². The molecule has 0 heterocycles. The summed E-state index contributed by atoms with van der Waals surface area (Å²) in [6.07, 6.45) is 0.212. The van der Waals surface area contributed by atoms with Crippen molar-refractivity contribution in [3.8, 4) is 6.07 Å². The maximum absolute atomic E-state index is 12.1. The van der Waals surface area contributed by atoms with E-state index in [2.05, 4.69) is 4.72 Å². The standard InChI is InChI=1S/C13H17N3O3S/c1-9(2)12(13(15)17)16-20(18,19)11-5-3-10(4-6-11)7-8-14/h3-6,9,12,16H,7H2,1-2H3,(H2,15,17). The van der Waals surface area contributed by atoms with E-state index in [0.29, 0.717) is 0 Å². The van der Waals surface area contributed by atoms with Gasteiger partial charge in [0.1, 0.15) is 6.04 Å². The predicted molar refractivity (Wildman–Crippen MR) is 73.9 cm³/mol. The predicted octanol–water partition coefficient (Wildman–Crippen LogP) is 0.541. The average molecular weight is 295 g/mol. The molecule has 0 aliphatic rings. The van der Waals surface area contributed by atoms with E-state index in [0.717, 1.165) is 5.56 Å². The minimum atomic E-state index is -3.81. The lowest BCUT2D eigenvalue weighted by Gasteiger charge is -2.18. The van der Waals surface area contributed by atoms with Gasteiger partial charge in [-0.25, -0.2) is 8.42 Å². The number of nitrogens with one attached hydrogen (secondary N) is 1. The van der Waals surface area contributed by atoms with Gasteiger partial charge >= 0.3 is 0 Å². The molecular formula is C13H17N3O3S. The lowest BCUT2D eigenvalue weighted by atomic mass is 10.1. The summed E-state index contributed by atoms with van der Waals surface area (Å²) in [5.74, 6) is -0.968. The highest BCUT2D eigenvalue weighted by atomic mass is 32.2. The first-order valence-corrected chi connectivity index (χ1v) is 7.54. The van der Waals surface area contributed by atoms with Crippen molar-refractivity contribution in [1.82, 2.24) is 4.72 Å². The number of rotatable bonds is 6. The molecule has 0 spiro atoms. The molecule has 1 rings (SSSR count). The molecule has 108 valence electrons. The molecule has 0 fully saturated rings. The number of amides is 1. The molecule has 0 aliphatic heterocycles. The summed E-state index contributed by atoms with van der Waals surface area (Å²) < 4.78 is 26.6. The number of benzene rings is 1. The van der Waals surface area contributed by atoms with Gasteiger partial charge in [0, 0.05) is 0 Å². The molecule has 0 radical (unpaired) electrons. The fourth-order valence-electron chi connectivity index (χ4n) is 1.64. The Morgan fingerprint density at radius 2 is 1.90 bits per heavy atom. The number of nitrogens with zero attached hydrogens (tertiary/aromatic N) is 1. The van der Waals surface area contributed by atoms with Crippen LogP contribution >= 0.6 is 0 Å². The molecule has 1 amide bonds. The summed E-state index contributed by atoms with van der Waals surface area (Å²) in [5, 5.41) is 8.56. The summed E-state index contributed by atoms with van der Waals surface area (Å²) in [6, 6.07) is 6.93. The summed E-state index contributed by atoms with van der Waals surface area (Å²) in [6.45, 7) is 3.40. The largest absolute Gasteiger partial charge is 0.368 e. The van der Waals surface area contributed by atoms with Crippen molar-refractivity contribution in [2.75, 3.05) is 0 Å². The first kappa shape index (κ1) is 16.1. The Morgan fingerprint density at radius 3 is 2.30 bits per heavy atom. The third-order valence-electron chi connectivity index (χ3n) is 2.77. The van der Waals surface area contributed by atoms with Gasteiger partial charge in [-0.1, -0.05) is 26.0 Å². The first-order valence-electron chi connectivity index (χ1n) is 6.05. The monoisotopic (exact) mass is 295 g/mol. The van der Waals surface area contributed by atoms with Crippen molar-refractivity contribution in [2.24, 2.45) is 11.7 Å². The second-order valence-corrected chi connectivity index (χ2v) is 6.44. The normalized spacial score (nSPS) is 12.9. The van der Waals surface area contributed by atoms with Gasteiger partial charge in [0.25, 0.3) is 0 Å². The number of hydrogen-bond acceptors (Lipinski definition) is 4. The molecule has 0 saturated heterocycles. The van der Waals surface area contributed by atoms with E-state index in [1.807, 2.05) is 6.07 Å². The van der Waals surface area contributed by atoms with Gasteiger partial charge in [-0.3, -0.25) is 4.79 Å². The Labute approximate surface area is 118 Å². The van der Waals surface area contributed by atoms with Gasteiger partial charge in [0.05, 0.1) is 17.4 Å². The van der Waals surface area contributed by atoms with E-state index in [4.69, 9.17) is 11.0 Å². The average Bonchev–Trinajstić information content (AvgIpc) is 2.36. The number of hydrogen-bond donors (Lipinski definition) is 2. The zero-order chi connectivity index (χ0) is 15.3. The molecule has 0 saturated carbocycles. The van der Waals surface area contributed by atoms with Crippen LogP contribution in [0.15, 0.2) is 29.2 Å². The van der Waals surface area contributed by atoms with Crippen LogP contribution < -0.4 is 10.5 Å². The third kappa shape index (κ3) is 4.05. The highest BCUT2D eigenvalue weighted by molar-refractivity contribution is 7.89. The van der Waals surface area contributed by atoms with Crippen LogP contribution in [0.2, 0.25) is 0 Å². The topological polar surface area (TPSA) is 113 Å². The summed E-state index contributed by atoms with van der Waals surface area (Å²) in [7, 11) is -3.81. The quantitative estimate of drug-likeness (QED) is 0.797. The van der Waals surface area contributed by atoms with E-state index in [9.17, 15) is 13.2 Å². The molecule has 0 aromatic heterocycles. The number of sulfonamides is 1. The summed E-state index contributed by atoms with van der Waals surface area (Å²) in [5.41, 5.74) is 5.91. The zero-order valence-electron chi connectivity index (χ0n) is 11.3. The lowest BCUT2D eigenvalue weighted by molar-refractivity contribution is -0.120. The molecule has 6 nitrogen and oxygen atoms in total. The summed E-state index contributed by atoms with van der Waals surface area (Å²) in [4.78, 5) is 11.3. The van der Waals surface area contributed by atoms with Crippen molar-refractivity contribution >= 4 is 15.9 Å². The Kier molecular flexibility index (Phi) is 5.25. The summed E-state index contributed by atoms with van der Waals surface area (Å²) >= 11 is 0. The molecule has 1 unspecified atom stereocenters. The second-order valence-electron chi connectivity index (χ2n) is 4.72. The molecule has 1 aromatic rings. The van der Waals surface area contributed by atoms with Crippen LogP contribution in [0.5, 0.6) is 0 Å². The SMILES string of the molecule is CC(C)C(NS(=O)(=O)c1ccc(CC#N)cc1)C(N)=O. The number of carbonyl (C=O) groups excluding carboxylic acids is 1. The van der Waals surface area contributed by atoms with Crippen LogP contribution in [0.3, 0.4) is 0 Å². The zero-order valence-corrected chi connectivity index (χ0v) is 12.1. The minimum absolute atomic E-state index is 0.0334. The fourth-order valence-corrected chi connectivity index (χ4v) is 2.99. The second kappa shape index (κ2) is 6.50. The van der Waals surface area contributed by atoms with E-state index >= 15 is 0 Å². The maximum Gasteiger partial charge on any atom is 0.241 e. The van der Waals surface area contributed by atoms with Crippen molar-refractivity contribution in [2.45, 2.75) is 31.2 Å². The van der Waals surface area contributed by atoms with Crippen molar-refractivity contribution in [1.29, 1.82) is 5.26 Å². The van der Waals surface area contributed by atoms with Gasteiger partial charge in [-0.2, -0.15) is 9.98 Å². The molecule has 1 atom stereocenters. The maximum atomic E-state index is 12.1. The number of carbonyl (C=O) groups is 1. The van der Waals surface area contributed by atoms with Crippen LogP contribution in [0, 0.1) is 17.2 Å². The van der Waals surface area contributed by atoms with Gasteiger partial charge in [-0.15, -0.1) is 0 Å². The van der Waals surface area contributed by atoms with Crippen molar-refractivity contribution < 1.29 is 13.2 Å². The van der Waals surface area contributed by atoms with Gasteiger partial charge < -0.3 is 5.73 Å². The number of primary amides is 1. The van der Waals surface area contributed by atoms with E-state index in [1.54, 1.807) is 26.0 Å². The van der Waals surface area contributed by atoms with Crippen LogP contribution in [-0.2, 0) is 21.2 Å². The van der Waals surface area contributed by atoms with E-state index < -0.39 is 22.0 Å². The Balaban J connectivity index is 2.99. The minimum Gasteiger partial charge on any atom is -0.368 e. The van der Waals surface area contributed by atoms with Gasteiger partial charge in [0.15, 0.2) is 0 Å². The third-order valence-corrected chi connectivity index (χ3v) is 4.23.